The largest absolute Gasteiger partial charge is 0.384 e. The van der Waals surface area contributed by atoms with Gasteiger partial charge in [-0.05, 0) is 51.0 Å². The van der Waals surface area contributed by atoms with E-state index in [9.17, 15) is 9.90 Å². The van der Waals surface area contributed by atoms with E-state index in [0.29, 0.717) is 6.29 Å². The van der Waals surface area contributed by atoms with Gasteiger partial charge >= 0.3 is 0 Å². The maximum Gasteiger partial charge on any atom is 0.140 e. The van der Waals surface area contributed by atoms with Crippen molar-refractivity contribution in [2.45, 2.75) is 59.5 Å². The molecule has 1 N–H and O–H groups in total. The fourth-order valence-corrected chi connectivity index (χ4v) is 3.08. The molecular weight excluding hydrogens is 298 g/mol. The summed E-state index contributed by atoms with van der Waals surface area (Å²) in [5.74, 6) is -1.06. The van der Waals surface area contributed by atoms with Crippen LogP contribution in [0.15, 0.2) is 47.1 Å². The van der Waals surface area contributed by atoms with Crippen molar-refractivity contribution in [3.05, 3.63) is 47.1 Å². The van der Waals surface area contributed by atoms with E-state index in [1.54, 1.807) is 12.1 Å². The maximum absolute atomic E-state index is 10.8. The number of nitrogens with zero attached hydrogens (tertiary/aromatic N) is 1. The van der Waals surface area contributed by atoms with Crippen LogP contribution in [0, 0.1) is 22.7 Å². The highest BCUT2D eigenvalue weighted by atomic mass is 16.3. The average molecular weight is 327 g/mol. The zero-order valence-electron chi connectivity index (χ0n) is 15.5. The quantitative estimate of drug-likeness (QED) is 0.570. The Labute approximate surface area is 146 Å². The molecule has 2 unspecified atom stereocenters. The smallest absolute Gasteiger partial charge is 0.140 e. The molecule has 0 bridgehead atoms. The minimum absolute atomic E-state index is 0.211. The number of aldehydes is 1. The summed E-state index contributed by atoms with van der Waals surface area (Å²) in [5, 5.41) is 19.0. The number of hydrogen-bond acceptors (Lipinski definition) is 3. The third-order valence-electron chi connectivity index (χ3n) is 4.75. The predicted octanol–water partition coefficient (Wildman–Crippen LogP) is 4.66. The second kappa shape index (κ2) is 8.26. The molecule has 1 aliphatic rings. The van der Waals surface area contributed by atoms with Gasteiger partial charge in [0.25, 0.3) is 0 Å². The standard InChI is InChI=1S/C21H29NO2/c1-16(8-6-13-21(5,24)18(14-22)15-23)10-11-19-17(2)9-7-12-20(19,3)4/h6,8,10-11,13,15,18,24H,7,9,12H2,1-5H3. The van der Waals surface area contributed by atoms with Crippen molar-refractivity contribution < 1.29 is 9.90 Å². The SMILES string of the molecule is CC(C=CC1=C(C)CCCC1(C)C)=CC=CC(C)(O)C(C#N)C=O. The Hall–Kier alpha value is -1.92. The van der Waals surface area contributed by atoms with E-state index in [1.807, 2.05) is 13.0 Å². The number of hydrogen-bond donors (Lipinski definition) is 1. The van der Waals surface area contributed by atoms with Crippen molar-refractivity contribution in [1.29, 1.82) is 5.26 Å². The van der Waals surface area contributed by atoms with Gasteiger partial charge in [-0.25, -0.2) is 0 Å². The molecule has 0 radical (unpaired) electrons. The fourth-order valence-electron chi connectivity index (χ4n) is 3.08. The van der Waals surface area contributed by atoms with Crippen LogP contribution in [-0.4, -0.2) is 17.0 Å². The number of carbonyl (C=O) groups is 1. The van der Waals surface area contributed by atoms with Crippen LogP contribution in [0.1, 0.15) is 53.9 Å². The average Bonchev–Trinajstić information content (AvgIpc) is 2.46. The van der Waals surface area contributed by atoms with Gasteiger partial charge in [-0.3, -0.25) is 0 Å². The van der Waals surface area contributed by atoms with E-state index < -0.39 is 11.5 Å². The van der Waals surface area contributed by atoms with Gasteiger partial charge in [0.2, 0.25) is 0 Å². The van der Waals surface area contributed by atoms with Crippen molar-refractivity contribution in [1.82, 2.24) is 0 Å². The van der Waals surface area contributed by atoms with Crippen molar-refractivity contribution >= 4 is 6.29 Å². The third-order valence-corrected chi connectivity index (χ3v) is 4.75. The lowest BCUT2D eigenvalue weighted by Gasteiger charge is -2.32. The topological polar surface area (TPSA) is 61.1 Å². The maximum atomic E-state index is 10.8. The summed E-state index contributed by atoms with van der Waals surface area (Å²) >= 11 is 0. The van der Waals surface area contributed by atoms with Crippen LogP contribution >= 0.6 is 0 Å². The number of carbonyl (C=O) groups excluding carboxylic acids is 1. The lowest BCUT2D eigenvalue weighted by atomic mass is 9.72. The van der Waals surface area contributed by atoms with Crippen molar-refractivity contribution in [2.75, 3.05) is 0 Å². The van der Waals surface area contributed by atoms with E-state index in [1.165, 1.54) is 37.0 Å². The van der Waals surface area contributed by atoms with E-state index in [-0.39, 0.29) is 5.41 Å². The molecule has 0 aromatic carbocycles. The van der Waals surface area contributed by atoms with Gasteiger partial charge in [-0.2, -0.15) is 5.26 Å². The zero-order chi connectivity index (χ0) is 18.4. The normalized spacial score (nSPS) is 22.5. The van der Waals surface area contributed by atoms with Crippen LogP contribution in [0.4, 0.5) is 0 Å². The molecule has 1 rings (SSSR count). The highest BCUT2D eigenvalue weighted by Gasteiger charge is 2.28. The lowest BCUT2D eigenvalue weighted by molar-refractivity contribution is -0.113. The molecule has 3 nitrogen and oxygen atoms in total. The summed E-state index contributed by atoms with van der Waals surface area (Å²) in [6, 6.07) is 1.80. The summed E-state index contributed by atoms with van der Waals surface area (Å²) in [7, 11) is 0. The molecule has 0 spiro atoms. The van der Waals surface area contributed by atoms with Crippen molar-refractivity contribution in [2.24, 2.45) is 11.3 Å². The molecule has 0 heterocycles. The molecule has 0 aliphatic heterocycles. The molecule has 130 valence electrons. The third kappa shape index (κ3) is 5.32. The van der Waals surface area contributed by atoms with E-state index in [0.717, 1.165) is 12.0 Å². The first-order chi connectivity index (χ1) is 11.1. The molecule has 0 saturated carbocycles. The van der Waals surface area contributed by atoms with Gasteiger partial charge in [0, 0.05) is 0 Å². The van der Waals surface area contributed by atoms with E-state index >= 15 is 0 Å². The monoisotopic (exact) mass is 327 g/mol. The summed E-state index contributed by atoms with van der Waals surface area (Å²) in [5.41, 5.74) is 2.66. The van der Waals surface area contributed by atoms with E-state index in [4.69, 9.17) is 5.26 Å². The van der Waals surface area contributed by atoms with Gasteiger partial charge in [0.15, 0.2) is 0 Å². The number of aliphatic hydroxyl groups is 1. The van der Waals surface area contributed by atoms with Crippen LogP contribution in [0.5, 0.6) is 0 Å². The zero-order valence-corrected chi connectivity index (χ0v) is 15.5. The molecule has 24 heavy (non-hydrogen) atoms. The van der Waals surface area contributed by atoms with Gasteiger partial charge in [-0.1, -0.05) is 55.4 Å². The molecule has 0 aromatic heterocycles. The summed E-state index contributed by atoms with van der Waals surface area (Å²) in [4.78, 5) is 10.8. The summed E-state index contributed by atoms with van der Waals surface area (Å²) in [6.07, 6.45) is 13.4. The Bertz CT molecular complexity index is 625. The van der Waals surface area contributed by atoms with Crippen LogP contribution in [0.25, 0.3) is 0 Å². The molecular formula is C21H29NO2. The second-order valence-corrected chi connectivity index (χ2v) is 7.50. The molecule has 1 aliphatic carbocycles. The van der Waals surface area contributed by atoms with Crippen molar-refractivity contribution in [3.63, 3.8) is 0 Å². The predicted molar refractivity (Wildman–Crippen MR) is 98.2 cm³/mol. The highest BCUT2D eigenvalue weighted by Crippen LogP contribution is 2.40. The molecule has 0 aromatic rings. The Morgan fingerprint density at radius 2 is 2.12 bits per heavy atom. The molecule has 0 saturated heterocycles. The number of allylic oxidation sites excluding steroid dienone is 7. The minimum Gasteiger partial charge on any atom is -0.384 e. The lowest BCUT2D eigenvalue weighted by Crippen LogP contribution is -2.32. The van der Waals surface area contributed by atoms with Crippen LogP contribution < -0.4 is 0 Å². The highest BCUT2D eigenvalue weighted by molar-refractivity contribution is 5.60. The Balaban J connectivity index is 2.86. The summed E-state index contributed by atoms with van der Waals surface area (Å²) < 4.78 is 0. The fraction of sp³-hybridized carbons (Fsp3) is 0.524. The first-order valence-electron chi connectivity index (χ1n) is 8.46. The molecule has 0 fully saturated rings. The van der Waals surface area contributed by atoms with Gasteiger partial charge in [0.05, 0.1) is 6.07 Å². The first kappa shape index (κ1) is 20.1. The second-order valence-electron chi connectivity index (χ2n) is 7.50. The molecule has 3 heteroatoms. The Morgan fingerprint density at radius 1 is 1.46 bits per heavy atom. The Morgan fingerprint density at radius 3 is 2.67 bits per heavy atom. The van der Waals surface area contributed by atoms with Crippen molar-refractivity contribution in [3.8, 4) is 6.07 Å². The number of rotatable bonds is 6. The van der Waals surface area contributed by atoms with E-state index in [2.05, 4.69) is 32.9 Å². The Kier molecular flexibility index (Phi) is 6.93. The van der Waals surface area contributed by atoms with Crippen LogP contribution in [0.2, 0.25) is 0 Å². The van der Waals surface area contributed by atoms with Gasteiger partial charge in [0.1, 0.15) is 17.8 Å². The van der Waals surface area contributed by atoms with Crippen LogP contribution in [-0.2, 0) is 4.79 Å². The van der Waals surface area contributed by atoms with Crippen LogP contribution in [0.3, 0.4) is 0 Å². The first-order valence-corrected chi connectivity index (χ1v) is 8.46. The molecule has 2 atom stereocenters. The minimum atomic E-state index is -1.46. The van der Waals surface area contributed by atoms with Gasteiger partial charge < -0.3 is 9.90 Å². The van der Waals surface area contributed by atoms with Gasteiger partial charge in [-0.15, -0.1) is 0 Å². The summed E-state index contributed by atoms with van der Waals surface area (Å²) in [6.45, 7) is 10.2. The molecule has 0 amide bonds. The number of nitriles is 1.